The van der Waals surface area contributed by atoms with Crippen LogP contribution >= 0.6 is 27.3 Å². The number of para-hydroxylation sites is 2. The lowest BCUT2D eigenvalue weighted by Gasteiger charge is -2.29. The molecule has 0 spiro atoms. The molecule has 1 aliphatic heterocycles. The van der Waals surface area contributed by atoms with E-state index in [1.807, 2.05) is 42.5 Å². The Hall–Kier alpha value is -1.94. The molecule has 3 aromatic rings. The van der Waals surface area contributed by atoms with Crippen LogP contribution in [-0.4, -0.2) is 44.0 Å². The van der Waals surface area contributed by atoms with Gasteiger partial charge in [0.2, 0.25) is 0 Å². The Morgan fingerprint density at radius 2 is 1.89 bits per heavy atom. The van der Waals surface area contributed by atoms with E-state index in [4.69, 9.17) is 9.47 Å². The van der Waals surface area contributed by atoms with Gasteiger partial charge < -0.3 is 9.47 Å². The normalized spacial score (nSPS) is 16.3. The smallest absolute Gasteiger partial charge is 0.261 e. The van der Waals surface area contributed by atoms with E-state index in [1.54, 1.807) is 11.4 Å². The van der Waals surface area contributed by atoms with E-state index in [1.165, 1.54) is 22.7 Å². The largest absolute Gasteiger partial charge is 0.486 e. The van der Waals surface area contributed by atoms with Gasteiger partial charge in [0.05, 0.1) is 6.54 Å². The molecule has 1 aromatic heterocycles. The van der Waals surface area contributed by atoms with E-state index in [9.17, 15) is 8.42 Å². The summed E-state index contributed by atoms with van der Waals surface area (Å²) in [7, 11) is -2.20. The van der Waals surface area contributed by atoms with Crippen molar-refractivity contribution in [2.24, 2.45) is 0 Å². The van der Waals surface area contributed by atoms with Crippen LogP contribution in [0.4, 0.5) is 0 Å². The van der Waals surface area contributed by atoms with Gasteiger partial charge in [-0.2, -0.15) is 4.31 Å². The number of sulfonamides is 1. The van der Waals surface area contributed by atoms with Gasteiger partial charge in [-0.25, -0.2) is 13.4 Å². The minimum Gasteiger partial charge on any atom is -0.486 e. The van der Waals surface area contributed by atoms with Crippen LogP contribution in [0.1, 0.15) is 0 Å². The minimum atomic E-state index is -3.72. The second-order valence-electron chi connectivity index (χ2n) is 6.28. The zero-order valence-corrected chi connectivity index (χ0v) is 18.1. The highest BCUT2D eigenvalue weighted by Crippen LogP contribution is 2.32. The summed E-state index contributed by atoms with van der Waals surface area (Å²) in [6.07, 6.45) is -0.390. The van der Waals surface area contributed by atoms with Crippen LogP contribution < -0.4 is 9.47 Å². The van der Waals surface area contributed by atoms with E-state index in [-0.39, 0.29) is 24.3 Å². The van der Waals surface area contributed by atoms with Gasteiger partial charge in [0, 0.05) is 22.5 Å². The van der Waals surface area contributed by atoms with Crippen molar-refractivity contribution in [1.82, 2.24) is 9.29 Å². The van der Waals surface area contributed by atoms with Gasteiger partial charge in [-0.05, 0) is 24.3 Å². The maximum absolute atomic E-state index is 12.9. The molecule has 1 atom stereocenters. The monoisotopic (exact) mass is 480 g/mol. The quantitative estimate of drug-likeness (QED) is 0.551. The first-order chi connectivity index (χ1) is 13.4. The van der Waals surface area contributed by atoms with Crippen molar-refractivity contribution in [3.63, 3.8) is 0 Å². The number of aromatic nitrogens is 1. The van der Waals surface area contributed by atoms with Crippen LogP contribution in [-0.2, 0) is 10.0 Å². The number of thiazole rings is 1. The Bertz CT molecular complexity index is 1080. The van der Waals surface area contributed by atoms with E-state index in [0.29, 0.717) is 16.5 Å². The molecule has 0 saturated carbocycles. The standard InChI is InChI=1S/C19H17BrN2O4S2/c1-22(10-15-11-25-16-4-2-3-5-17(16)26-15)28(23,24)18-12-27-19(21-18)13-6-8-14(20)9-7-13/h2-9,12,15H,10-11H2,1H3. The SMILES string of the molecule is CN(CC1COc2ccccc2O1)S(=O)(=O)c1csc(-c2ccc(Br)cc2)n1. The summed E-state index contributed by atoms with van der Waals surface area (Å²) < 4.78 is 39.6. The van der Waals surface area contributed by atoms with Crippen molar-refractivity contribution in [3.05, 3.63) is 58.4 Å². The summed E-state index contributed by atoms with van der Waals surface area (Å²) >= 11 is 4.69. The van der Waals surface area contributed by atoms with Gasteiger partial charge in [-0.1, -0.05) is 40.2 Å². The molecular weight excluding hydrogens is 464 g/mol. The number of benzene rings is 2. The summed E-state index contributed by atoms with van der Waals surface area (Å²) in [5, 5.41) is 2.26. The van der Waals surface area contributed by atoms with Crippen molar-refractivity contribution < 1.29 is 17.9 Å². The van der Waals surface area contributed by atoms with Gasteiger partial charge >= 0.3 is 0 Å². The third-order valence-corrected chi connectivity index (χ3v) is 7.55. The van der Waals surface area contributed by atoms with Gasteiger partial charge in [0.25, 0.3) is 10.0 Å². The van der Waals surface area contributed by atoms with E-state index >= 15 is 0 Å². The fourth-order valence-corrected chi connectivity index (χ4v) is 5.33. The molecule has 0 fully saturated rings. The fourth-order valence-electron chi connectivity index (χ4n) is 2.80. The van der Waals surface area contributed by atoms with Crippen LogP contribution in [0, 0.1) is 0 Å². The lowest BCUT2D eigenvalue weighted by atomic mass is 10.2. The summed E-state index contributed by atoms with van der Waals surface area (Å²) in [6.45, 7) is 0.458. The average molecular weight is 481 g/mol. The molecule has 0 bridgehead atoms. The number of rotatable bonds is 5. The molecule has 2 aromatic carbocycles. The van der Waals surface area contributed by atoms with Gasteiger partial charge in [0.15, 0.2) is 16.5 Å². The number of ether oxygens (including phenoxy) is 2. The van der Waals surface area contributed by atoms with Crippen LogP contribution in [0.2, 0.25) is 0 Å². The van der Waals surface area contributed by atoms with E-state index in [0.717, 1.165) is 10.0 Å². The van der Waals surface area contributed by atoms with Crippen LogP contribution in [0.3, 0.4) is 0 Å². The first kappa shape index (κ1) is 19.4. The lowest BCUT2D eigenvalue weighted by molar-refractivity contribution is 0.0798. The Labute approximate surface area is 175 Å². The Balaban J connectivity index is 1.48. The number of hydrogen-bond acceptors (Lipinski definition) is 6. The number of likely N-dealkylation sites (N-methyl/N-ethyl adjacent to an activating group) is 1. The third-order valence-electron chi connectivity index (χ3n) is 4.28. The Morgan fingerprint density at radius 3 is 2.64 bits per heavy atom. The van der Waals surface area contributed by atoms with Gasteiger partial charge in [-0.15, -0.1) is 11.3 Å². The van der Waals surface area contributed by atoms with Crippen molar-refractivity contribution in [2.75, 3.05) is 20.2 Å². The summed E-state index contributed by atoms with van der Waals surface area (Å²) in [5.41, 5.74) is 0.873. The highest BCUT2D eigenvalue weighted by atomic mass is 79.9. The fraction of sp³-hybridized carbons (Fsp3) is 0.211. The maximum Gasteiger partial charge on any atom is 0.261 e. The number of fused-ring (bicyclic) bond motifs is 1. The minimum absolute atomic E-state index is 0.0371. The Morgan fingerprint density at radius 1 is 1.18 bits per heavy atom. The zero-order valence-electron chi connectivity index (χ0n) is 14.9. The van der Waals surface area contributed by atoms with Crippen LogP contribution in [0.15, 0.2) is 63.4 Å². The van der Waals surface area contributed by atoms with Crippen LogP contribution in [0.25, 0.3) is 10.6 Å². The molecule has 0 N–H and O–H groups in total. The highest BCUT2D eigenvalue weighted by Gasteiger charge is 2.29. The first-order valence-corrected chi connectivity index (χ1v) is 11.6. The van der Waals surface area contributed by atoms with Crippen molar-refractivity contribution in [3.8, 4) is 22.1 Å². The molecule has 0 saturated heterocycles. The van der Waals surface area contributed by atoms with E-state index in [2.05, 4.69) is 20.9 Å². The van der Waals surface area contributed by atoms with Crippen molar-refractivity contribution >= 4 is 37.3 Å². The maximum atomic E-state index is 12.9. The molecule has 0 amide bonds. The zero-order chi connectivity index (χ0) is 19.7. The molecular formula is C19H17BrN2O4S2. The van der Waals surface area contributed by atoms with Crippen molar-refractivity contribution in [1.29, 1.82) is 0 Å². The summed E-state index contributed by atoms with van der Waals surface area (Å²) in [6, 6.07) is 14.9. The molecule has 0 radical (unpaired) electrons. The lowest BCUT2D eigenvalue weighted by Crippen LogP contribution is -2.41. The molecule has 9 heteroatoms. The van der Waals surface area contributed by atoms with Crippen LogP contribution in [0.5, 0.6) is 11.5 Å². The second-order valence-corrected chi connectivity index (χ2v) is 10.0. The summed E-state index contributed by atoms with van der Waals surface area (Å²) in [4.78, 5) is 4.33. The molecule has 1 aliphatic rings. The highest BCUT2D eigenvalue weighted by molar-refractivity contribution is 9.10. The number of hydrogen-bond donors (Lipinski definition) is 0. The second kappa shape index (κ2) is 7.82. The molecule has 0 aliphatic carbocycles. The number of halogens is 1. The van der Waals surface area contributed by atoms with Gasteiger partial charge in [-0.3, -0.25) is 0 Å². The molecule has 1 unspecified atom stereocenters. The molecule has 4 rings (SSSR count). The predicted octanol–water partition coefficient (Wildman–Crippen LogP) is 4.03. The first-order valence-electron chi connectivity index (χ1n) is 8.50. The third kappa shape index (κ3) is 3.93. The molecule has 28 heavy (non-hydrogen) atoms. The predicted molar refractivity (Wildman–Crippen MR) is 111 cm³/mol. The molecule has 2 heterocycles. The molecule has 6 nitrogen and oxygen atoms in total. The average Bonchev–Trinajstić information content (AvgIpc) is 3.19. The molecule has 146 valence electrons. The Kier molecular flexibility index (Phi) is 5.42. The number of nitrogens with zero attached hydrogens (tertiary/aromatic N) is 2. The van der Waals surface area contributed by atoms with Crippen molar-refractivity contribution in [2.45, 2.75) is 11.1 Å². The summed E-state index contributed by atoms with van der Waals surface area (Å²) in [5.74, 6) is 1.29. The van der Waals surface area contributed by atoms with Gasteiger partial charge in [0.1, 0.15) is 17.7 Å². The topological polar surface area (TPSA) is 68.7 Å². The van der Waals surface area contributed by atoms with E-state index < -0.39 is 10.0 Å².